The average molecular weight is 549 g/mol. The van der Waals surface area contributed by atoms with Gasteiger partial charge in [0.25, 0.3) is 11.5 Å². The molecule has 178 valence electrons. The van der Waals surface area contributed by atoms with Crippen LogP contribution in [0.1, 0.15) is 31.9 Å². The topological polar surface area (TPSA) is 76.3 Å². The summed E-state index contributed by atoms with van der Waals surface area (Å²) in [7, 11) is 0. The van der Waals surface area contributed by atoms with Crippen LogP contribution in [0.4, 0.5) is 0 Å². The van der Waals surface area contributed by atoms with Gasteiger partial charge in [-0.3, -0.25) is 14.2 Å². The van der Waals surface area contributed by atoms with Gasteiger partial charge in [0.1, 0.15) is 0 Å². The van der Waals surface area contributed by atoms with Gasteiger partial charge in [-0.2, -0.15) is 5.10 Å². The molecule has 1 aromatic heterocycles. The fraction of sp³-hybridized carbons (Fsp3) is 0.185. The maximum atomic E-state index is 13.3. The zero-order chi connectivity index (χ0) is 25.0. The Hall–Kier alpha value is -3.23. The number of rotatable bonds is 6. The summed E-state index contributed by atoms with van der Waals surface area (Å²) in [6.45, 7) is 6.48. The van der Waals surface area contributed by atoms with Crippen molar-refractivity contribution >= 4 is 50.7 Å². The maximum absolute atomic E-state index is 13.3. The predicted molar refractivity (Wildman–Crippen MR) is 147 cm³/mol. The summed E-state index contributed by atoms with van der Waals surface area (Å²) < 4.78 is 2.44. The van der Waals surface area contributed by atoms with Gasteiger partial charge in [-0.25, -0.2) is 10.4 Å². The molecule has 1 N–H and O–H groups in total. The molecule has 0 aliphatic rings. The van der Waals surface area contributed by atoms with Crippen LogP contribution in [0.25, 0.3) is 16.6 Å². The summed E-state index contributed by atoms with van der Waals surface area (Å²) in [5.74, 6) is -0.232. The number of hydrogen-bond donors (Lipinski definition) is 1. The maximum Gasteiger partial charge on any atom is 0.266 e. The average Bonchev–Trinajstić information content (AvgIpc) is 2.83. The number of nitrogens with one attached hydrogen (secondary N) is 1. The standard InChI is InChI=1S/C27H25BrN4O2S/c1-27(2,3)19-10-8-18(9-11-19)16-29-31-24(33)17-35-26-30-23-7-5-4-6-22(23)25(34)32(26)21-14-12-20(28)13-15-21/h4-16H,17H2,1-3H3,(H,31,33). The van der Waals surface area contributed by atoms with Crippen LogP contribution in [0, 0.1) is 0 Å². The molecule has 0 unspecified atom stereocenters. The molecule has 4 aromatic rings. The second-order valence-corrected chi connectivity index (χ2v) is 10.8. The number of benzene rings is 3. The van der Waals surface area contributed by atoms with E-state index in [2.05, 4.69) is 64.3 Å². The number of aromatic nitrogens is 2. The van der Waals surface area contributed by atoms with Crippen molar-refractivity contribution in [1.82, 2.24) is 15.0 Å². The molecule has 1 heterocycles. The summed E-state index contributed by atoms with van der Waals surface area (Å²) in [5.41, 5.74) is 5.84. The van der Waals surface area contributed by atoms with Gasteiger partial charge in [-0.15, -0.1) is 0 Å². The monoisotopic (exact) mass is 548 g/mol. The smallest absolute Gasteiger partial charge is 0.266 e. The van der Waals surface area contributed by atoms with E-state index in [-0.39, 0.29) is 22.6 Å². The molecular weight excluding hydrogens is 524 g/mol. The quantitative estimate of drug-likeness (QED) is 0.145. The molecular formula is C27H25BrN4O2S. The highest BCUT2D eigenvalue weighted by atomic mass is 79.9. The first-order chi connectivity index (χ1) is 16.7. The van der Waals surface area contributed by atoms with Crippen molar-refractivity contribution in [3.8, 4) is 5.69 Å². The number of carbonyl (C=O) groups is 1. The molecule has 0 aliphatic heterocycles. The van der Waals surface area contributed by atoms with Crippen LogP contribution in [0.3, 0.4) is 0 Å². The van der Waals surface area contributed by atoms with Crippen molar-refractivity contribution in [3.05, 3.63) is 98.7 Å². The van der Waals surface area contributed by atoms with Gasteiger partial charge in [-0.1, -0.05) is 84.9 Å². The number of hydrogen-bond acceptors (Lipinski definition) is 5. The van der Waals surface area contributed by atoms with Crippen molar-refractivity contribution in [2.45, 2.75) is 31.3 Å². The second-order valence-electron chi connectivity index (χ2n) is 8.98. The predicted octanol–water partition coefficient (Wildman–Crippen LogP) is 5.69. The minimum absolute atomic E-state index is 0.0572. The number of halogens is 1. The molecule has 6 nitrogen and oxygen atoms in total. The number of fused-ring (bicyclic) bond motifs is 1. The first-order valence-electron chi connectivity index (χ1n) is 11.1. The van der Waals surface area contributed by atoms with Crippen LogP contribution in [-0.2, 0) is 10.2 Å². The van der Waals surface area contributed by atoms with Crippen LogP contribution in [0.5, 0.6) is 0 Å². The van der Waals surface area contributed by atoms with E-state index in [4.69, 9.17) is 0 Å². The van der Waals surface area contributed by atoms with Crippen molar-refractivity contribution in [2.24, 2.45) is 5.10 Å². The number of nitrogens with zero attached hydrogens (tertiary/aromatic N) is 3. The Balaban J connectivity index is 1.50. The molecule has 0 saturated carbocycles. The third-order valence-corrected chi connectivity index (χ3v) is 6.81. The highest BCUT2D eigenvalue weighted by Crippen LogP contribution is 2.23. The summed E-state index contributed by atoms with van der Waals surface area (Å²) in [6, 6.07) is 22.7. The van der Waals surface area contributed by atoms with Gasteiger partial charge >= 0.3 is 0 Å². The summed E-state index contributed by atoms with van der Waals surface area (Å²) in [4.78, 5) is 30.4. The lowest BCUT2D eigenvalue weighted by atomic mass is 9.87. The minimum Gasteiger partial charge on any atom is -0.272 e. The third-order valence-electron chi connectivity index (χ3n) is 5.34. The summed E-state index contributed by atoms with van der Waals surface area (Å²) in [5, 5.41) is 5.03. The molecule has 0 spiro atoms. The van der Waals surface area contributed by atoms with Crippen molar-refractivity contribution in [3.63, 3.8) is 0 Å². The van der Waals surface area contributed by atoms with E-state index >= 15 is 0 Å². The lowest BCUT2D eigenvalue weighted by Gasteiger charge is -2.18. The number of thioether (sulfide) groups is 1. The Labute approximate surface area is 216 Å². The molecule has 3 aromatic carbocycles. The van der Waals surface area contributed by atoms with Gasteiger partial charge in [-0.05, 0) is 52.9 Å². The van der Waals surface area contributed by atoms with E-state index in [0.29, 0.717) is 21.7 Å². The molecule has 0 fully saturated rings. The van der Waals surface area contributed by atoms with E-state index in [1.54, 1.807) is 18.3 Å². The minimum atomic E-state index is -0.290. The van der Waals surface area contributed by atoms with Gasteiger partial charge in [0.15, 0.2) is 5.16 Å². The first-order valence-corrected chi connectivity index (χ1v) is 12.8. The van der Waals surface area contributed by atoms with Crippen molar-refractivity contribution in [1.29, 1.82) is 0 Å². The zero-order valence-electron chi connectivity index (χ0n) is 19.7. The molecule has 1 amide bonds. The molecule has 0 aliphatic carbocycles. The molecule has 8 heteroatoms. The molecule has 35 heavy (non-hydrogen) atoms. The van der Waals surface area contributed by atoms with E-state index < -0.39 is 0 Å². The zero-order valence-corrected chi connectivity index (χ0v) is 22.1. The van der Waals surface area contributed by atoms with Crippen LogP contribution in [-0.4, -0.2) is 27.4 Å². The van der Waals surface area contributed by atoms with E-state index in [1.165, 1.54) is 21.9 Å². The Bertz CT molecular complexity index is 1440. The number of carbonyl (C=O) groups excluding carboxylic acids is 1. The highest BCUT2D eigenvalue weighted by Gasteiger charge is 2.15. The Morgan fingerprint density at radius 1 is 1.06 bits per heavy atom. The van der Waals surface area contributed by atoms with E-state index in [9.17, 15) is 9.59 Å². The normalized spacial score (nSPS) is 11.8. The SMILES string of the molecule is CC(C)(C)c1ccc(C=NNC(=O)CSc2nc3ccccc3c(=O)n2-c2ccc(Br)cc2)cc1. The Kier molecular flexibility index (Phi) is 7.52. The summed E-state index contributed by atoms with van der Waals surface area (Å²) >= 11 is 4.61. The van der Waals surface area contributed by atoms with E-state index in [0.717, 1.165) is 10.0 Å². The summed E-state index contributed by atoms with van der Waals surface area (Å²) in [6.07, 6.45) is 1.61. The number of amides is 1. The largest absolute Gasteiger partial charge is 0.272 e. The lowest BCUT2D eigenvalue weighted by Crippen LogP contribution is -2.24. The second kappa shape index (κ2) is 10.6. The fourth-order valence-electron chi connectivity index (χ4n) is 3.44. The van der Waals surface area contributed by atoms with Crippen LogP contribution >= 0.6 is 27.7 Å². The lowest BCUT2D eigenvalue weighted by molar-refractivity contribution is -0.118. The number of hydrazone groups is 1. The highest BCUT2D eigenvalue weighted by molar-refractivity contribution is 9.10. The molecule has 0 atom stereocenters. The Morgan fingerprint density at radius 3 is 2.43 bits per heavy atom. The first kappa shape index (κ1) is 24.9. The molecule has 0 bridgehead atoms. The van der Waals surface area contributed by atoms with Gasteiger partial charge in [0.2, 0.25) is 0 Å². The van der Waals surface area contributed by atoms with Crippen molar-refractivity contribution in [2.75, 3.05) is 5.75 Å². The van der Waals surface area contributed by atoms with Crippen LogP contribution in [0.15, 0.2) is 92.3 Å². The van der Waals surface area contributed by atoms with Gasteiger partial charge < -0.3 is 0 Å². The van der Waals surface area contributed by atoms with Gasteiger partial charge in [0, 0.05) is 4.47 Å². The van der Waals surface area contributed by atoms with Crippen molar-refractivity contribution < 1.29 is 4.79 Å². The molecule has 4 rings (SSSR count). The van der Waals surface area contributed by atoms with Crippen LogP contribution in [0.2, 0.25) is 0 Å². The Morgan fingerprint density at radius 2 is 1.74 bits per heavy atom. The number of para-hydroxylation sites is 1. The fourth-order valence-corrected chi connectivity index (χ4v) is 4.51. The van der Waals surface area contributed by atoms with E-state index in [1.807, 2.05) is 48.5 Å². The van der Waals surface area contributed by atoms with Crippen LogP contribution < -0.4 is 11.0 Å². The molecule has 0 saturated heterocycles. The molecule has 0 radical (unpaired) electrons. The third kappa shape index (κ3) is 6.07. The van der Waals surface area contributed by atoms with Gasteiger partial charge in [0.05, 0.1) is 28.6 Å².